The number of hydrogen-bond acceptors (Lipinski definition) is 10. The predicted molar refractivity (Wildman–Crippen MR) is 189 cm³/mol. The number of hydrogen-bond donors (Lipinski definition) is 3. The number of benzene rings is 2. The highest BCUT2D eigenvalue weighted by molar-refractivity contribution is 6.01. The summed E-state index contributed by atoms with van der Waals surface area (Å²) in [5.74, 6) is 0.949. The number of carbonyl (C=O) groups is 2. The van der Waals surface area contributed by atoms with Gasteiger partial charge in [-0.15, -0.1) is 0 Å². The van der Waals surface area contributed by atoms with E-state index < -0.39 is 6.03 Å². The molecular weight excluding hydrogens is 608 g/mol. The Balaban J connectivity index is 1.15. The van der Waals surface area contributed by atoms with E-state index in [0.29, 0.717) is 72.7 Å². The number of likely N-dealkylation sites (N-methyl/N-ethyl adjacent to an activating group) is 1. The Hall–Kier alpha value is -5.27. The molecule has 3 amide bonds. The molecule has 2 aliphatic rings. The SMILES string of the molecule is CN=CC(C=N)c1cnc2c(N3CCOCC3)nc(-c3ccc(NC(=O)Nc4ccc(C(=O)N5CCC(N(C)C)C5)cc4)cc3)nc2c1. The molecule has 2 unspecified atom stereocenters. The van der Waals surface area contributed by atoms with Gasteiger partial charge in [0.25, 0.3) is 5.91 Å². The molecule has 0 saturated carbocycles. The molecule has 2 aromatic carbocycles. The van der Waals surface area contributed by atoms with Gasteiger partial charge in [-0.25, -0.2) is 14.8 Å². The molecule has 6 rings (SSSR count). The number of ether oxygens (including phenoxy) is 1. The number of carbonyl (C=O) groups excluding carboxylic acids is 2. The zero-order chi connectivity index (χ0) is 33.6. The number of urea groups is 1. The van der Waals surface area contributed by atoms with Crippen LogP contribution in [0, 0.1) is 5.41 Å². The number of aliphatic imine (C=N–C) groups is 1. The number of pyridine rings is 1. The van der Waals surface area contributed by atoms with Crippen LogP contribution in [0.4, 0.5) is 22.0 Å². The van der Waals surface area contributed by atoms with Crippen LogP contribution < -0.4 is 15.5 Å². The molecule has 0 aliphatic carbocycles. The summed E-state index contributed by atoms with van der Waals surface area (Å²) in [7, 11) is 5.75. The van der Waals surface area contributed by atoms with Crippen LogP contribution in [0.2, 0.25) is 0 Å². The van der Waals surface area contributed by atoms with Crippen molar-refractivity contribution in [2.75, 3.05) is 76.1 Å². The lowest BCUT2D eigenvalue weighted by atomic mass is 10.0. The molecule has 3 N–H and O–H groups in total. The van der Waals surface area contributed by atoms with Gasteiger partial charge in [-0.3, -0.25) is 14.8 Å². The van der Waals surface area contributed by atoms with Crippen LogP contribution in [0.3, 0.4) is 0 Å². The fourth-order valence-electron chi connectivity index (χ4n) is 5.93. The number of nitrogens with zero attached hydrogens (tertiary/aromatic N) is 7. The highest BCUT2D eigenvalue weighted by Crippen LogP contribution is 2.29. The number of likely N-dealkylation sites (tertiary alicyclic amines) is 1. The average Bonchev–Trinajstić information content (AvgIpc) is 3.62. The lowest BCUT2D eigenvalue weighted by Gasteiger charge is -2.28. The Morgan fingerprint density at radius 1 is 1.02 bits per heavy atom. The fraction of sp³-hybridized carbons (Fsp3) is 0.343. The summed E-state index contributed by atoms with van der Waals surface area (Å²) in [5, 5.41) is 13.5. The Morgan fingerprint density at radius 2 is 1.71 bits per heavy atom. The van der Waals surface area contributed by atoms with Crippen molar-refractivity contribution in [3.8, 4) is 11.4 Å². The van der Waals surface area contributed by atoms with Gasteiger partial charge in [0.15, 0.2) is 11.6 Å². The van der Waals surface area contributed by atoms with Crippen LogP contribution >= 0.6 is 0 Å². The van der Waals surface area contributed by atoms with Crippen molar-refractivity contribution in [3.63, 3.8) is 0 Å². The smallest absolute Gasteiger partial charge is 0.323 e. The Labute approximate surface area is 279 Å². The lowest BCUT2D eigenvalue weighted by molar-refractivity contribution is 0.0783. The van der Waals surface area contributed by atoms with Crippen LogP contribution in [0.1, 0.15) is 28.3 Å². The number of amides is 3. The number of anilines is 3. The number of rotatable bonds is 9. The van der Waals surface area contributed by atoms with Crippen molar-refractivity contribution in [2.24, 2.45) is 4.99 Å². The van der Waals surface area contributed by atoms with E-state index in [1.807, 2.05) is 37.2 Å². The van der Waals surface area contributed by atoms with Gasteiger partial charge in [-0.05, 0) is 80.7 Å². The minimum atomic E-state index is -0.401. The summed E-state index contributed by atoms with van der Waals surface area (Å²) in [4.78, 5) is 50.5. The van der Waals surface area contributed by atoms with E-state index in [1.54, 1.807) is 55.9 Å². The summed E-state index contributed by atoms with van der Waals surface area (Å²) in [6.07, 6.45) is 5.74. The maximum atomic E-state index is 12.9. The number of aromatic nitrogens is 3. The molecule has 48 heavy (non-hydrogen) atoms. The Bertz CT molecular complexity index is 1800. The molecule has 0 bridgehead atoms. The van der Waals surface area contributed by atoms with Crippen LogP contribution in [0.25, 0.3) is 22.4 Å². The van der Waals surface area contributed by atoms with Gasteiger partial charge in [-0.1, -0.05) is 0 Å². The van der Waals surface area contributed by atoms with E-state index in [2.05, 4.69) is 25.4 Å². The van der Waals surface area contributed by atoms with Gasteiger partial charge in [0.2, 0.25) is 0 Å². The summed E-state index contributed by atoms with van der Waals surface area (Å²) in [6.45, 7) is 4.03. The van der Waals surface area contributed by atoms with Crippen LogP contribution in [-0.2, 0) is 4.74 Å². The minimum absolute atomic E-state index is 0.00103. The van der Waals surface area contributed by atoms with Crippen molar-refractivity contribution < 1.29 is 14.3 Å². The van der Waals surface area contributed by atoms with E-state index in [9.17, 15) is 9.59 Å². The largest absolute Gasteiger partial charge is 0.378 e. The second-order valence-electron chi connectivity index (χ2n) is 12.1. The second-order valence-corrected chi connectivity index (χ2v) is 12.1. The van der Waals surface area contributed by atoms with Crippen LogP contribution in [0.5, 0.6) is 0 Å². The standard InChI is InChI=1S/C35H40N10O3/c1-37-20-26(19-36)25-18-30-31(38-21-25)33(44-14-16-48-17-15-44)42-32(41-30)23-4-8-27(9-5-23)39-35(47)40-28-10-6-24(7-11-28)34(46)45-13-12-29(22-45)43(2)3/h4-11,18-21,26,29,36H,12-17,22H2,1-3H3,(H2,39,40,47). The summed E-state index contributed by atoms with van der Waals surface area (Å²) < 4.78 is 5.56. The molecule has 2 atom stereocenters. The third kappa shape index (κ3) is 7.32. The minimum Gasteiger partial charge on any atom is -0.378 e. The zero-order valence-corrected chi connectivity index (χ0v) is 27.4. The fourth-order valence-corrected chi connectivity index (χ4v) is 5.93. The van der Waals surface area contributed by atoms with Crippen molar-refractivity contribution in [1.82, 2.24) is 24.8 Å². The molecule has 0 radical (unpaired) electrons. The third-order valence-electron chi connectivity index (χ3n) is 8.70. The van der Waals surface area contributed by atoms with Crippen molar-refractivity contribution in [3.05, 3.63) is 71.9 Å². The van der Waals surface area contributed by atoms with E-state index >= 15 is 0 Å². The highest BCUT2D eigenvalue weighted by Gasteiger charge is 2.28. The molecule has 2 aromatic heterocycles. The van der Waals surface area contributed by atoms with E-state index in [4.69, 9.17) is 25.1 Å². The van der Waals surface area contributed by atoms with Crippen LogP contribution in [-0.4, -0.2) is 116 Å². The van der Waals surface area contributed by atoms with Gasteiger partial charge >= 0.3 is 6.03 Å². The zero-order valence-electron chi connectivity index (χ0n) is 27.4. The van der Waals surface area contributed by atoms with E-state index in [1.165, 1.54) is 6.21 Å². The van der Waals surface area contributed by atoms with Crippen LogP contribution in [0.15, 0.2) is 65.8 Å². The molecule has 13 nitrogen and oxygen atoms in total. The third-order valence-corrected chi connectivity index (χ3v) is 8.70. The summed E-state index contributed by atoms with van der Waals surface area (Å²) in [5.41, 5.74) is 4.72. The lowest BCUT2D eigenvalue weighted by Crippen LogP contribution is -2.37. The first kappa shape index (κ1) is 32.7. The first-order valence-corrected chi connectivity index (χ1v) is 16.0. The van der Waals surface area contributed by atoms with Crippen molar-refractivity contribution in [2.45, 2.75) is 18.4 Å². The van der Waals surface area contributed by atoms with Gasteiger partial charge < -0.3 is 35.5 Å². The molecule has 13 heteroatoms. The molecule has 2 fully saturated rings. The quantitative estimate of drug-likeness (QED) is 0.226. The number of fused-ring (bicyclic) bond motifs is 1. The topological polar surface area (TPSA) is 152 Å². The van der Waals surface area contributed by atoms with Gasteiger partial charge in [0.1, 0.15) is 5.52 Å². The van der Waals surface area contributed by atoms with E-state index in [-0.39, 0.29) is 11.8 Å². The first-order chi connectivity index (χ1) is 23.3. The average molecular weight is 649 g/mol. The number of morpholine rings is 1. The summed E-state index contributed by atoms with van der Waals surface area (Å²) in [6, 6.07) is 16.2. The monoisotopic (exact) mass is 648 g/mol. The molecule has 248 valence electrons. The van der Waals surface area contributed by atoms with Gasteiger partial charge in [-0.2, -0.15) is 0 Å². The van der Waals surface area contributed by atoms with Crippen molar-refractivity contribution in [1.29, 1.82) is 5.41 Å². The predicted octanol–water partition coefficient (Wildman–Crippen LogP) is 4.38. The molecule has 0 spiro atoms. The molecule has 4 aromatic rings. The maximum Gasteiger partial charge on any atom is 0.323 e. The van der Waals surface area contributed by atoms with E-state index in [0.717, 1.165) is 29.9 Å². The first-order valence-electron chi connectivity index (χ1n) is 16.0. The normalized spacial score (nSPS) is 17.2. The highest BCUT2D eigenvalue weighted by atomic mass is 16.5. The molecule has 2 aliphatic heterocycles. The second kappa shape index (κ2) is 14.7. The van der Waals surface area contributed by atoms with Gasteiger partial charge in [0, 0.05) is 80.4 Å². The Morgan fingerprint density at radius 3 is 2.33 bits per heavy atom. The Kier molecular flexibility index (Phi) is 9.97. The molecule has 2 saturated heterocycles. The number of nitrogens with one attached hydrogen (secondary N) is 3. The summed E-state index contributed by atoms with van der Waals surface area (Å²) >= 11 is 0. The maximum absolute atomic E-state index is 12.9. The molecule has 4 heterocycles. The molecular formula is C35H40N10O3. The van der Waals surface area contributed by atoms with Crippen molar-refractivity contribution >= 4 is 52.6 Å². The van der Waals surface area contributed by atoms with Gasteiger partial charge in [0.05, 0.1) is 24.6 Å².